The lowest BCUT2D eigenvalue weighted by Gasteiger charge is -2.45. The van der Waals surface area contributed by atoms with Crippen LogP contribution in [0.4, 0.5) is 0 Å². The van der Waals surface area contributed by atoms with Crippen LogP contribution < -0.4 is 10.4 Å². The van der Waals surface area contributed by atoms with Gasteiger partial charge in [-0.15, -0.1) is 0 Å². The van der Waals surface area contributed by atoms with Gasteiger partial charge < -0.3 is 28.1 Å². The number of halogens is 1. The van der Waals surface area contributed by atoms with Crippen molar-refractivity contribution in [3.05, 3.63) is 38.7 Å². The van der Waals surface area contributed by atoms with Gasteiger partial charge in [-0.25, -0.2) is 14.4 Å². The molecule has 0 N–H and O–H groups in total. The average molecular weight is 671 g/mol. The Bertz CT molecular complexity index is 1890. The van der Waals surface area contributed by atoms with E-state index in [0.717, 1.165) is 0 Å². The van der Waals surface area contributed by atoms with Gasteiger partial charge in [0.1, 0.15) is 22.0 Å². The first-order valence-electron chi connectivity index (χ1n) is 16.0. The summed E-state index contributed by atoms with van der Waals surface area (Å²) in [5.41, 5.74) is -8.37. The van der Waals surface area contributed by atoms with Crippen molar-refractivity contribution in [2.75, 3.05) is 0 Å². The first-order chi connectivity index (χ1) is 21.6. The summed E-state index contributed by atoms with van der Waals surface area (Å²) < 4.78 is 36.4. The van der Waals surface area contributed by atoms with Crippen LogP contribution in [0.3, 0.4) is 0 Å². The highest BCUT2D eigenvalue weighted by atomic mass is 35.5. The number of carbonyl (C=O) groups excluding carboxylic acids is 4. The van der Waals surface area contributed by atoms with Gasteiger partial charge in [-0.1, -0.05) is 39.3 Å². The molecule has 7 rings (SSSR count). The summed E-state index contributed by atoms with van der Waals surface area (Å²) in [5, 5.41) is 0.349. The second-order valence-corrected chi connectivity index (χ2v) is 16.3. The van der Waals surface area contributed by atoms with E-state index in [1.54, 1.807) is 60.6 Å². The van der Waals surface area contributed by atoms with Crippen molar-refractivity contribution in [1.29, 1.82) is 0 Å². The van der Waals surface area contributed by atoms with E-state index in [9.17, 15) is 24.0 Å². The van der Waals surface area contributed by atoms with Crippen LogP contribution in [0.15, 0.2) is 21.3 Å². The van der Waals surface area contributed by atoms with Crippen LogP contribution in [0.25, 0.3) is 11.0 Å². The van der Waals surface area contributed by atoms with Gasteiger partial charge in [-0.2, -0.15) is 0 Å². The van der Waals surface area contributed by atoms with E-state index >= 15 is 0 Å². The number of rotatable bonds is 4. The molecule has 47 heavy (non-hydrogen) atoms. The molecule has 4 bridgehead atoms. The Kier molecular flexibility index (Phi) is 6.19. The van der Waals surface area contributed by atoms with Crippen LogP contribution in [0, 0.1) is 28.6 Å². The van der Waals surface area contributed by atoms with Gasteiger partial charge in [0.25, 0.3) is 0 Å². The van der Waals surface area contributed by atoms with Gasteiger partial charge >= 0.3 is 29.5 Å². The van der Waals surface area contributed by atoms with E-state index in [4.69, 9.17) is 39.7 Å². The molecule has 11 nitrogen and oxygen atoms in total. The highest BCUT2D eigenvalue weighted by molar-refractivity contribution is 6.31. The predicted octanol–water partition coefficient (Wildman–Crippen LogP) is 5.67. The Morgan fingerprint density at radius 1 is 0.766 bits per heavy atom. The fraction of sp³-hybridized carbons (Fsp3) is 0.629. The van der Waals surface area contributed by atoms with E-state index < -0.39 is 80.2 Å². The van der Waals surface area contributed by atoms with Crippen molar-refractivity contribution < 1.29 is 47.3 Å². The fourth-order valence-corrected chi connectivity index (χ4v) is 8.90. The lowest BCUT2D eigenvalue weighted by atomic mass is 9.66. The summed E-state index contributed by atoms with van der Waals surface area (Å²) in [6, 6.07) is 3.33. The normalized spacial score (nSPS) is 36.8. The third-order valence-electron chi connectivity index (χ3n) is 13.2. The second kappa shape index (κ2) is 9.09. The summed E-state index contributed by atoms with van der Waals surface area (Å²) in [4.78, 5) is 67.8. The first-order valence-corrected chi connectivity index (χ1v) is 16.3. The number of aryl methyl sites for hydroxylation is 1. The zero-order valence-electron chi connectivity index (χ0n) is 28.0. The van der Waals surface area contributed by atoms with Gasteiger partial charge in [-0.3, -0.25) is 9.59 Å². The predicted molar refractivity (Wildman–Crippen MR) is 166 cm³/mol. The van der Waals surface area contributed by atoms with Crippen molar-refractivity contribution in [3.8, 4) is 5.75 Å². The molecule has 0 radical (unpaired) electrons. The van der Waals surface area contributed by atoms with E-state index in [-0.39, 0.29) is 34.8 Å². The number of benzene rings is 1. The number of ether oxygens (including phenoxy) is 5. The molecule has 4 fully saturated rings. The van der Waals surface area contributed by atoms with Crippen LogP contribution in [0.2, 0.25) is 5.02 Å². The SMILES string of the molecule is Cc1c(Cl)c(=O)oc2c3c(ccc12)OC(C)(C)[C@H](OC(=O)C12CCC(C)(C(=O)O1)C2(C)C)[C@@H]3OC(=O)C12CCC(C)(C(=O)O1)C2(C)C. The van der Waals surface area contributed by atoms with Crippen molar-refractivity contribution in [1.82, 2.24) is 0 Å². The molecule has 2 saturated heterocycles. The zero-order chi connectivity index (χ0) is 34.5. The molecule has 1 aromatic heterocycles. The van der Waals surface area contributed by atoms with Crippen molar-refractivity contribution in [3.63, 3.8) is 0 Å². The minimum atomic E-state index is -1.62. The molecule has 4 heterocycles. The number of fused-ring (bicyclic) bond motifs is 7. The molecule has 0 amide bonds. The second-order valence-electron chi connectivity index (χ2n) is 15.9. The lowest BCUT2D eigenvalue weighted by molar-refractivity contribution is -0.217. The maximum absolute atomic E-state index is 14.5. The Labute approximate surface area is 276 Å². The Hall–Kier alpha value is -3.60. The highest BCUT2D eigenvalue weighted by Gasteiger charge is 2.78. The van der Waals surface area contributed by atoms with Crippen LogP contribution in [0.5, 0.6) is 5.75 Å². The largest absolute Gasteiger partial charge is 0.483 e. The van der Waals surface area contributed by atoms with Gasteiger partial charge in [0.2, 0.25) is 11.2 Å². The standard InChI is InChI=1S/C35H39ClO11/c1-16-17-10-11-18-19(21(17)42-24(37)20(16)36)22(43-27(40)34-14-12-32(8,25(38)46-34)30(34,4)5)23(29(2,3)45-18)44-28(41)35-15-13-33(9,26(39)47-35)31(35,6)7/h10-11,22-23H,12-15H2,1-9H3/t22-,23-,32?,33?,34?,35?/m1/s1. The zero-order valence-corrected chi connectivity index (χ0v) is 28.8. The third kappa shape index (κ3) is 3.51. The van der Waals surface area contributed by atoms with Gasteiger partial charge in [0.15, 0.2) is 12.2 Å². The molecule has 4 unspecified atom stereocenters. The van der Waals surface area contributed by atoms with E-state index in [1.807, 2.05) is 13.8 Å². The average Bonchev–Trinajstić information content (AvgIpc) is 3.45. The molecular formula is C35H39ClO11. The molecule has 5 aliphatic rings. The summed E-state index contributed by atoms with van der Waals surface area (Å²) >= 11 is 6.26. The molecule has 252 valence electrons. The van der Waals surface area contributed by atoms with Crippen LogP contribution >= 0.6 is 11.6 Å². The molecule has 2 aliphatic carbocycles. The summed E-state index contributed by atoms with van der Waals surface area (Å²) in [7, 11) is 0. The van der Waals surface area contributed by atoms with E-state index in [1.165, 1.54) is 0 Å². The molecule has 2 aromatic rings. The number of hydrogen-bond acceptors (Lipinski definition) is 11. The molecule has 3 aliphatic heterocycles. The Morgan fingerprint density at radius 2 is 1.28 bits per heavy atom. The summed E-state index contributed by atoms with van der Waals surface area (Å²) in [5.74, 6) is -2.36. The smallest absolute Gasteiger partial charge is 0.355 e. The van der Waals surface area contributed by atoms with Crippen LogP contribution in [-0.2, 0) is 38.1 Å². The van der Waals surface area contributed by atoms with Gasteiger partial charge in [0, 0.05) is 16.2 Å². The maximum atomic E-state index is 14.5. The van der Waals surface area contributed by atoms with E-state index in [0.29, 0.717) is 23.8 Å². The topological polar surface area (TPSA) is 145 Å². The van der Waals surface area contributed by atoms with Crippen molar-refractivity contribution in [2.24, 2.45) is 21.7 Å². The third-order valence-corrected chi connectivity index (χ3v) is 13.6. The minimum Gasteiger partial charge on any atom is -0.483 e. The molecule has 2 saturated carbocycles. The summed E-state index contributed by atoms with van der Waals surface area (Å²) in [6.45, 7) is 15.8. The molecule has 12 heteroatoms. The number of carbonyl (C=O) groups is 4. The molecular weight excluding hydrogens is 632 g/mol. The van der Waals surface area contributed by atoms with E-state index in [2.05, 4.69) is 0 Å². The number of hydrogen-bond donors (Lipinski definition) is 0. The minimum absolute atomic E-state index is 0.0411. The van der Waals surface area contributed by atoms with Crippen molar-refractivity contribution >= 4 is 46.4 Å². The van der Waals surface area contributed by atoms with Crippen LogP contribution in [0.1, 0.15) is 98.3 Å². The highest BCUT2D eigenvalue weighted by Crippen LogP contribution is 2.67. The monoisotopic (exact) mass is 670 g/mol. The molecule has 0 spiro atoms. The molecule has 1 aromatic carbocycles. The van der Waals surface area contributed by atoms with Gasteiger partial charge in [0.05, 0.1) is 16.4 Å². The first kappa shape index (κ1) is 32.0. The quantitative estimate of drug-likeness (QED) is 0.225. The fourth-order valence-electron chi connectivity index (χ4n) is 8.76. The molecule has 6 atom stereocenters. The lowest BCUT2D eigenvalue weighted by Crippen LogP contribution is -2.57. The summed E-state index contributed by atoms with van der Waals surface area (Å²) in [6.07, 6.45) is -1.41. The van der Waals surface area contributed by atoms with Crippen molar-refractivity contribution in [2.45, 2.75) is 117 Å². The van der Waals surface area contributed by atoms with Gasteiger partial charge in [-0.05, 0) is 78.0 Å². The number of esters is 4. The maximum Gasteiger partial charge on any atom is 0.355 e. The Morgan fingerprint density at radius 3 is 1.74 bits per heavy atom. The Balaban J connectivity index is 1.38. The van der Waals surface area contributed by atoms with Crippen LogP contribution in [-0.4, -0.2) is 46.8 Å².